The normalized spacial score (nSPS) is 20.5. The second kappa shape index (κ2) is 13.1. The van der Waals surface area contributed by atoms with E-state index in [4.69, 9.17) is 4.74 Å². The third kappa shape index (κ3) is 7.44. The van der Waals surface area contributed by atoms with Crippen LogP contribution in [0.1, 0.15) is 36.1 Å². The molecule has 1 aliphatic carbocycles. The standard InChI is InChI=1S/C31H36N4O5S3/c1-40-29-21-24(42(2,36)37)12-13-27(29)33-16-4-7-30-25(14-15-32)26-5-3-6-28(31(26)41-30)34-22-8-10-23(11-9-22)35-17-19-43(38,39)20-18-35/h3,5-6,12-13,21-23,33-34H,8-11,14,16-20H2,1-2H3. The van der Waals surface area contributed by atoms with E-state index in [9.17, 15) is 22.1 Å². The maximum absolute atomic E-state index is 11.9. The Kier molecular flexibility index (Phi) is 9.52. The molecule has 1 saturated carbocycles. The number of fused-ring (bicyclic) bond motifs is 1. The Bertz CT molecular complexity index is 1800. The summed E-state index contributed by atoms with van der Waals surface area (Å²) in [7, 11) is -4.73. The van der Waals surface area contributed by atoms with Gasteiger partial charge in [0.15, 0.2) is 19.7 Å². The van der Waals surface area contributed by atoms with Crippen LogP contribution in [0.15, 0.2) is 41.3 Å². The van der Waals surface area contributed by atoms with Crippen LogP contribution in [0.2, 0.25) is 0 Å². The number of benzene rings is 2. The highest BCUT2D eigenvalue weighted by molar-refractivity contribution is 7.91. The van der Waals surface area contributed by atoms with Crippen LogP contribution < -0.4 is 15.4 Å². The Hall–Kier alpha value is -3.29. The Morgan fingerprint density at radius 2 is 1.84 bits per heavy atom. The lowest BCUT2D eigenvalue weighted by molar-refractivity contribution is 0.164. The van der Waals surface area contributed by atoms with Gasteiger partial charge in [-0.15, -0.1) is 11.3 Å². The summed E-state index contributed by atoms with van der Waals surface area (Å²) in [5, 5.41) is 17.5. The van der Waals surface area contributed by atoms with Crippen molar-refractivity contribution in [2.75, 3.05) is 55.1 Å². The molecule has 1 saturated heterocycles. The monoisotopic (exact) mass is 640 g/mol. The summed E-state index contributed by atoms with van der Waals surface area (Å²) in [5.41, 5.74) is 2.62. The van der Waals surface area contributed by atoms with Crippen molar-refractivity contribution in [3.63, 3.8) is 0 Å². The summed E-state index contributed by atoms with van der Waals surface area (Å²) in [4.78, 5) is 3.40. The molecule has 2 N–H and O–H groups in total. The molecule has 12 heteroatoms. The fourth-order valence-corrected chi connectivity index (χ4v) is 8.89. The number of sulfone groups is 2. The SMILES string of the molecule is COc1cc(S(C)(=O)=O)ccc1NCC#Cc1sc2c(NC3CCC(N4CCS(=O)(=O)CC4)CC3)cccc2c1CC#N. The summed E-state index contributed by atoms with van der Waals surface area (Å²) < 4.78 is 53.8. The summed E-state index contributed by atoms with van der Waals surface area (Å²) in [5.74, 6) is 7.36. The molecule has 3 aromatic rings. The van der Waals surface area contributed by atoms with Gasteiger partial charge in [-0.25, -0.2) is 16.8 Å². The van der Waals surface area contributed by atoms with E-state index in [2.05, 4.69) is 39.5 Å². The van der Waals surface area contributed by atoms with Gasteiger partial charge in [0, 0.05) is 48.4 Å². The zero-order valence-electron chi connectivity index (χ0n) is 24.4. The van der Waals surface area contributed by atoms with Crippen molar-refractivity contribution in [2.24, 2.45) is 0 Å². The van der Waals surface area contributed by atoms with E-state index >= 15 is 0 Å². The van der Waals surface area contributed by atoms with Crippen LogP contribution in [0.4, 0.5) is 11.4 Å². The van der Waals surface area contributed by atoms with Crippen molar-refractivity contribution < 1.29 is 21.6 Å². The van der Waals surface area contributed by atoms with Gasteiger partial charge in [-0.3, -0.25) is 4.90 Å². The number of anilines is 2. The number of rotatable bonds is 8. The molecule has 0 atom stereocenters. The molecule has 228 valence electrons. The zero-order chi connectivity index (χ0) is 30.6. The largest absolute Gasteiger partial charge is 0.495 e. The van der Waals surface area contributed by atoms with E-state index in [-0.39, 0.29) is 22.8 Å². The minimum Gasteiger partial charge on any atom is -0.495 e. The fraction of sp³-hybridized carbons (Fsp3) is 0.452. The summed E-state index contributed by atoms with van der Waals surface area (Å²) in [6.45, 7) is 1.60. The number of hydrogen-bond acceptors (Lipinski definition) is 10. The number of hydrogen-bond donors (Lipinski definition) is 2. The number of nitrogens with zero attached hydrogens (tertiary/aromatic N) is 2. The van der Waals surface area contributed by atoms with E-state index in [0.717, 1.165) is 58.2 Å². The number of thiophene rings is 1. The van der Waals surface area contributed by atoms with Crippen LogP contribution in [0.5, 0.6) is 5.75 Å². The zero-order valence-corrected chi connectivity index (χ0v) is 26.8. The number of methoxy groups -OCH3 is 1. The smallest absolute Gasteiger partial charge is 0.175 e. The molecule has 0 radical (unpaired) electrons. The van der Waals surface area contributed by atoms with Gasteiger partial charge in [-0.1, -0.05) is 24.0 Å². The quantitative estimate of drug-likeness (QED) is 0.347. The lowest BCUT2D eigenvalue weighted by Crippen LogP contribution is -2.48. The Morgan fingerprint density at radius 3 is 2.51 bits per heavy atom. The topological polar surface area (TPSA) is 129 Å². The van der Waals surface area contributed by atoms with Gasteiger partial charge in [-0.2, -0.15) is 5.26 Å². The highest BCUT2D eigenvalue weighted by Crippen LogP contribution is 2.38. The Labute approximate surface area is 258 Å². The lowest BCUT2D eigenvalue weighted by Gasteiger charge is -2.39. The van der Waals surface area contributed by atoms with E-state index in [1.165, 1.54) is 19.2 Å². The Balaban J connectivity index is 1.27. The van der Waals surface area contributed by atoms with Crippen LogP contribution in [0.3, 0.4) is 0 Å². The molecule has 0 amide bonds. The van der Waals surface area contributed by atoms with Gasteiger partial charge >= 0.3 is 0 Å². The molecule has 9 nitrogen and oxygen atoms in total. The van der Waals surface area contributed by atoms with Crippen molar-refractivity contribution in [3.8, 4) is 23.7 Å². The molecule has 5 rings (SSSR count). The number of ether oxygens (including phenoxy) is 1. The average molecular weight is 641 g/mol. The van der Waals surface area contributed by atoms with Crippen LogP contribution >= 0.6 is 11.3 Å². The van der Waals surface area contributed by atoms with Gasteiger partial charge in [0.05, 0.1) is 63.5 Å². The van der Waals surface area contributed by atoms with Crippen molar-refractivity contribution in [1.29, 1.82) is 5.26 Å². The average Bonchev–Trinajstić information content (AvgIpc) is 3.33. The van der Waals surface area contributed by atoms with Crippen LogP contribution in [-0.4, -0.2) is 78.3 Å². The summed E-state index contributed by atoms with van der Waals surface area (Å²) >= 11 is 1.59. The molecular weight excluding hydrogens is 605 g/mol. The molecule has 2 fully saturated rings. The molecule has 1 aliphatic heterocycles. The third-order valence-electron chi connectivity index (χ3n) is 8.20. The minimum absolute atomic E-state index is 0.185. The maximum atomic E-state index is 11.9. The highest BCUT2D eigenvalue weighted by atomic mass is 32.2. The number of nitrogens with one attached hydrogen (secondary N) is 2. The first-order chi connectivity index (χ1) is 20.6. The lowest BCUT2D eigenvalue weighted by atomic mass is 9.90. The first-order valence-corrected chi connectivity index (χ1v) is 18.8. The van der Waals surface area contributed by atoms with Gasteiger partial charge in [0.2, 0.25) is 0 Å². The van der Waals surface area contributed by atoms with Crippen LogP contribution in [-0.2, 0) is 26.1 Å². The Morgan fingerprint density at radius 1 is 1.09 bits per heavy atom. The molecule has 0 spiro atoms. The molecule has 0 unspecified atom stereocenters. The predicted octanol–water partition coefficient (Wildman–Crippen LogP) is 4.30. The predicted molar refractivity (Wildman–Crippen MR) is 173 cm³/mol. The first kappa shape index (κ1) is 31.1. The molecule has 2 aromatic carbocycles. The molecule has 1 aromatic heterocycles. The molecule has 43 heavy (non-hydrogen) atoms. The van der Waals surface area contributed by atoms with Crippen molar-refractivity contribution in [2.45, 2.75) is 49.1 Å². The summed E-state index contributed by atoms with van der Waals surface area (Å²) in [6, 6.07) is 13.9. The minimum atomic E-state index is -3.35. The molecule has 2 aliphatic rings. The van der Waals surface area contributed by atoms with Crippen molar-refractivity contribution >= 4 is 52.5 Å². The molecule has 0 bridgehead atoms. The maximum Gasteiger partial charge on any atom is 0.175 e. The van der Waals surface area contributed by atoms with Gasteiger partial charge in [0.1, 0.15) is 5.75 Å². The summed E-state index contributed by atoms with van der Waals surface area (Å²) in [6.07, 6.45) is 5.55. The second-order valence-electron chi connectivity index (χ2n) is 11.1. The van der Waals surface area contributed by atoms with E-state index in [1.807, 2.05) is 12.1 Å². The third-order valence-corrected chi connectivity index (χ3v) is 12.1. The van der Waals surface area contributed by atoms with E-state index in [0.29, 0.717) is 43.2 Å². The van der Waals surface area contributed by atoms with Crippen molar-refractivity contribution in [1.82, 2.24) is 4.90 Å². The molecular formula is C31H36N4O5S3. The van der Waals surface area contributed by atoms with E-state index < -0.39 is 19.7 Å². The van der Waals surface area contributed by atoms with E-state index in [1.54, 1.807) is 17.4 Å². The fourth-order valence-electron chi connectivity index (χ4n) is 5.85. The second-order valence-corrected chi connectivity index (χ2v) is 16.4. The van der Waals surface area contributed by atoms with Crippen LogP contribution in [0, 0.1) is 23.2 Å². The first-order valence-electron chi connectivity index (χ1n) is 14.3. The van der Waals surface area contributed by atoms with Gasteiger partial charge in [0.25, 0.3) is 0 Å². The highest BCUT2D eigenvalue weighted by Gasteiger charge is 2.30. The van der Waals surface area contributed by atoms with Crippen LogP contribution in [0.25, 0.3) is 10.1 Å². The van der Waals surface area contributed by atoms with Gasteiger partial charge in [-0.05, 0) is 43.9 Å². The number of nitriles is 1. The molecule has 2 heterocycles. The van der Waals surface area contributed by atoms with Gasteiger partial charge < -0.3 is 15.4 Å². The van der Waals surface area contributed by atoms with Crippen molar-refractivity contribution in [3.05, 3.63) is 46.8 Å².